The van der Waals surface area contributed by atoms with E-state index in [4.69, 9.17) is 9.47 Å². The van der Waals surface area contributed by atoms with E-state index in [-0.39, 0.29) is 0 Å². The monoisotopic (exact) mass is 387 g/mol. The fourth-order valence-electron chi connectivity index (χ4n) is 3.27. The van der Waals surface area contributed by atoms with Gasteiger partial charge in [-0.25, -0.2) is 9.98 Å². The van der Waals surface area contributed by atoms with Gasteiger partial charge in [-0.15, -0.1) is 0 Å². The van der Waals surface area contributed by atoms with E-state index in [0.29, 0.717) is 19.8 Å². The molecule has 0 fully saturated rings. The fraction of sp³-hybridized carbons (Fsp3) is 0.217. The van der Waals surface area contributed by atoms with Gasteiger partial charge < -0.3 is 19.7 Å². The van der Waals surface area contributed by atoms with E-state index < -0.39 is 0 Å². The van der Waals surface area contributed by atoms with Crippen molar-refractivity contribution in [2.75, 3.05) is 13.2 Å². The first-order valence-corrected chi connectivity index (χ1v) is 9.71. The molecule has 2 aromatic rings. The number of hydrogen-bond acceptors (Lipinski definition) is 6. The van der Waals surface area contributed by atoms with Crippen molar-refractivity contribution >= 4 is 17.9 Å². The van der Waals surface area contributed by atoms with Gasteiger partial charge >= 0.3 is 0 Å². The van der Waals surface area contributed by atoms with E-state index in [1.807, 2.05) is 73.5 Å². The van der Waals surface area contributed by atoms with Crippen LogP contribution in [0.2, 0.25) is 0 Å². The molecule has 2 aliphatic rings. The Balaban J connectivity index is 1.64. The summed E-state index contributed by atoms with van der Waals surface area (Å²) in [5.41, 5.74) is 3.73. The number of nitrogens with zero attached hydrogens (tertiary/aromatic N) is 3. The van der Waals surface area contributed by atoms with E-state index in [9.17, 15) is 0 Å². The van der Waals surface area contributed by atoms with E-state index in [1.165, 1.54) is 0 Å². The maximum absolute atomic E-state index is 5.70. The quantitative estimate of drug-likeness (QED) is 0.779. The van der Waals surface area contributed by atoms with Crippen LogP contribution < -0.4 is 14.8 Å². The number of nitrogens with one attached hydrogen (secondary N) is 1. The fourth-order valence-corrected chi connectivity index (χ4v) is 3.27. The average molecular weight is 387 g/mol. The van der Waals surface area contributed by atoms with Gasteiger partial charge in [-0.2, -0.15) is 0 Å². The molecular formula is C23H23N4O2. The Morgan fingerprint density at radius 2 is 1.72 bits per heavy atom. The molecule has 0 saturated carbocycles. The zero-order valence-corrected chi connectivity index (χ0v) is 16.6. The second kappa shape index (κ2) is 8.65. The maximum atomic E-state index is 5.70. The Labute approximate surface area is 170 Å². The van der Waals surface area contributed by atoms with Gasteiger partial charge in [0.2, 0.25) is 0 Å². The molecule has 0 amide bonds. The zero-order valence-electron chi connectivity index (χ0n) is 16.6. The Bertz CT molecular complexity index is 969. The van der Waals surface area contributed by atoms with Crippen LogP contribution in [0.15, 0.2) is 76.6 Å². The molecule has 2 heterocycles. The molecular weight excluding hydrogens is 364 g/mol. The van der Waals surface area contributed by atoms with Crippen molar-refractivity contribution in [3.05, 3.63) is 77.8 Å². The molecule has 6 nitrogen and oxygen atoms in total. The van der Waals surface area contributed by atoms with Crippen LogP contribution in [0.4, 0.5) is 0 Å². The summed E-state index contributed by atoms with van der Waals surface area (Å²) in [6.07, 6.45) is 6.68. The highest BCUT2D eigenvalue weighted by molar-refractivity contribution is 6.12. The largest absolute Gasteiger partial charge is 0.494 e. The predicted molar refractivity (Wildman–Crippen MR) is 115 cm³/mol. The molecule has 29 heavy (non-hydrogen) atoms. The number of fused-ring (bicyclic) bond motifs is 1. The number of aliphatic imine (C=N–C) groups is 2. The molecule has 4 rings (SSSR count). The molecule has 147 valence electrons. The number of ether oxygens (including phenoxy) is 2. The number of hydrogen-bond donors (Lipinski definition) is 1. The van der Waals surface area contributed by atoms with Gasteiger partial charge in [0.15, 0.2) is 12.2 Å². The van der Waals surface area contributed by atoms with Gasteiger partial charge in [0, 0.05) is 24.0 Å². The van der Waals surface area contributed by atoms with Crippen LogP contribution in [-0.2, 0) is 6.54 Å². The lowest BCUT2D eigenvalue weighted by molar-refractivity contribution is 0.322. The molecule has 1 radical (unpaired) electrons. The third-order valence-electron chi connectivity index (χ3n) is 4.45. The average Bonchev–Trinajstić information content (AvgIpc) is 2.75. The second-order valence-electron chi connectivity index (χ2n) is 6.48. The Morgan fingerprint density at radius 3 is 2.41 bits per heavy atom. The van der Waals surface area contributed by atoms with Crippen molar-refractivity contribution in [2.45, 2.75) is 20.4 Å². The Morgan fingerprint density at radius 1 is 1.00 bits per heavy atom. The summed E-state index contributed by atoms with van der Waals surface area (Å²) in [5.74, 6) is 2.35. The standard InChI is InChI=1S/C23H23N4O2/c1-3-28-19-12-17(13-20(14-19)29-4-2)15-27-16-26-21(18-8-6-5-7-9-18)22-23(27)25-11-10-24-22/h5-14,24H,3-4,15H2,1-2H3. The van der Waals surface area contributed by atoms with E-state index >= 15 is 0 Å². The summed E-state index contributed by atoms with van der Waals surface area (Å²) < 4.78 is 11.4. The van der Waals surface area contributed by atoms with Crippen molar-refractivity contribution in [3.8, 4) is 11.5 Å². The van der Waals surface area contributed by atoms with E-state index in [2.05, 4.69) is 21.6 Å². The lowest BCUT2D eigenvalue weighted by atomic mass is 10.1. The van der Waals surface area contributed by atoms with Gasteiger partial charge in [-0.05, 0) is 31.5 Å². The van der Waals surface area contributed by atoms with E-state index in [1.54, 1.807) is 6.20 Å². The van der Waals surface area contributed by atoms with Gasteiger partial charge in [0.25, 0.3) is 0 Å². The molecule has 6 heteroatoms. The Hall–Kier alpha value is -3.54. The van der Waals surface area contributed by atoms with Crippen LogP contribution in [0.25, 0.3) is 5.70 Å². The molecule has 0 saturated heterocycles. The molecule has 0 atom stereocenters. The van der Waals surface area contributed by atoms with Crippen molar-refractivity contribution in [2.24, 2.45) is 9.98 Å². The van der Waals surface area contributed by atoms with Crippen molar-refractivity contribution in [1.29, 1.82) is 0 Å². The van der Waals surface area contributed by atoms with Gasteiger partial charge in [-0.1, -0.05) is 30.3 Å². The van der Waals surface area contributed by atoms with Crippen molar-refractivity contribution in [1.82, 2.24) is 10.2 Å². The first-order valence-electron chi connectivity index (χ1n) is 9.71. The summed E-state index contributed by atoms with van der Waals surface area (Å²) in [6.45, 7) is 5.68. The van der Waals surface area contributed by atoms with Crippen LogP contribution in [0.5, 0.6) is 11.5 Å². The van der Waals surface area contributed by atoms with Crippen molar-refractivity contribution in [3.63, 3.8) is 0 Å². The third-order valence-corrected chi connectivity index (χ3v) is 4.45. The lowest BCUT2D eigenvalue weighted by Gasteiger charge is -2.28. The minimum Gasteiger partial charge on any atom is -0.494 e. The zero-order chi connectivity index (χ0) is 20.1. The normalized spacial score (nSPS) is 15.0. The van der Waals surface area contributed by atoms with Crippen LogP contribution >= 0.6 is 0 Å². The van der Waals surface area contributed by atoms with Crippen LogP contribution in [0.3, 0.4) is 0 Å². The summed E-state index contributed by atoms with van der Waals surface area (Å²) in [6, 6.07) is 16.0. The maximum Gasteiger partial charge on any atom is 0.179 e. The second-order valence-corrected chi connectivity index (χ2v) is 6.48. The van der Waals surface area contributed by atoms with E-state index in [0.717, 1.165) is 39.9 Å². The van der Waals surface area contributed by atoms with Crippen LogP contribution in [0.1, 0.15) is 25.0 Å². The molecule has 2 aromatic carbocycles. The van der Waals surface area contributed by atoms with Gasteiger partial charge in [0.1, 0.15) is 22.9 Å². The molecule has 2 aliphatic heterocycles. The molecule has 0 aromatic heterocycles. The minimum absolute atomic E-state index is 0.546. The highest BCUT2D eigenvalue weighted by atomic mass is 16.5. The highest BCUT2D eigenvalue weighted by Gasteiger charge is 2.25. The number of benzene rings is 2. The minimum atomic E-state index is 0.546. The summed E-state index contributed by atoms with van der Waals surface area (Å²) >= 11 is 0. The summed E-state index contributed by atoms with van der Waals surface area (Å²) in [4.78, 5) is 11.1. The Kier molecular flexibility index (Phi) is 5.61. The van der Waals surface area contributed by atoms with Crippen LogP contribution in [-0.4, -0.2) is 30.3 Å². The molecule has 0 bridgehead atoms. The summed E-state index contributed by atoms with van der Waals surface area (Å²) in [7, 11) is 0. The highest BCUT2D eigenvalue weighted by Crippen LogP contribution is 2.28. The topological polar surface area (TPSA) is 58.5 Å². The molecule has 0 spiro atoms. The molecule has 0 aliphatic carbocycles. The summed E-state index contributed by atoms with van der Waals surface area (Å²) in [5, 5.41) is 3.29. The lowest BCUT2D eigenvalue weighted by Crippen LogP contribution is -2.38. The number of amidine groups is 1. The van der Waals surface area contributed by atoms with Crippen LogP contribution in [0, 0.1) is 0 Å². The first kappa shape index (κ1) is 18.8. The third kappa shape index (κ3) is 4.16. The smallest absolute Gasteiger partial charge is 0.179 e. The predicted octanol–water partition coefficient (Wildman–Crippen LogP) is 4.05. The molecule has 0 unspecified atom stereocenters. The molecule has 1 N–H and O–H groups in total. The first-order chi connectivity index (χ1) is 14.3. The van der Waals surface area contributed by atoms with Crippen molar-refractivity contribution < 1.29 is 9.47 Å². The van der Waals surface area contributed by atoms with Gasteiger partial charge in [0.05, 0.1) is 19.8 Å². The number of rotatable bonds is 7. The SMILES string of the molecule is CCOc1cc(CN2[C]=NC(c3ccccc3)=C3NC=CN=C32)cc(OCC)c1. The van der Waals surface area contributed by atoms with Gasteiger partial charge in [-0.3, -0.25) is 0 Å².